The van der Waals surface area contributed by atoms with Crippen molar-refractivity contribution in [3.05, 3.63) is 18.3 Å². The van der Waals surface area contributed by atoms with Gasteiger partial charge in [-0.1, -0.05) is 0 Å². The number of hydrogen-bond donors (Lipinski definition) is 1. The minimum absolute atomic E-state index is 0.621. The minimum Gasteiger partial charge on any atom is -0.397 e. The molecule has 3 heteroatoms. The molecule has 0 amide bonds. The van der Waals surface area contributed by atoms with Gasteiger partial charge in [-0.15, -0.1) is 0 Å². The van der Waals surface area contributed by atoms with E-state index in [-0.39, 0.29) is 0 Å². The zero-order valence-corrected chi connectivity index (χ0v) is 7.90. The second-order valence-corrected chi connectivity index (χ2v) is 3.63. The average Bonchev–Trinajstić information content (AvgIpc) is 2.53. The maximum Gasteiger partial charge on any atom is 0.128 e. The van der Waals surface area contributed by atoms with E-state index < -0.39 is 0 Å². The van der Waals surface area contributed by atoms with Crippen molar-refractivity contribution in [2.75, 3.05) is 17.2 Å². The first-order valence-electron chi connectivity index (χ1n) is 4.75. The second-order valence-electron chi connectivity index (χ2n) is 3.63. The lowest BCUT2D eigenvalue weighted by molar-refractivity contribution is 0.727. The van der Waals surface area contributed by atoms with Crippen molar-refractivity contribution in [2.45, 2.75) is 25.8 Å². The van der Waals surface area contributed by atoms with Gasteiger partial charge in [0.2, 0.25) is 0 Å². The summed E-state index contributed by atoms with van der Waals surface area (Å²) in [4.78, 5) is 6.64. The molecule has 0 radical (unpaired) electrons. The number of nitrogen functional groups attached to an aromatic ring is 1. The van der Waals surface area contributed by atoms with Crippen molar-refractivity contribution >= 4 is 11.5 Å². The largest absolute Gasteiger partial charge is 0.397 e. The van der Waals surface area contributed by atoms with Crippen molar-refractivity contribution in [2.24, 2.45) is 0 Å². The number of hydrogen-bond acceptors (Lipinski definition) is 3. The van der Waals surface area contributed by atoms with E-state index in [0.717, 1.165) is 18.1 Å². The van der Waals surface area contributed by atoms with Crippen LogP contribution >= 0.6 is 0 Å². The number of pyridine rings is 1. The van der Waals surface area contributed by atoms with E-state index in [9.17, 15) is 0 Å². The molecule has 1 aromatic rings. The van der Waals surface area contributed by atoms with Gasteiger partial charge in [0.05, 0.1) is 11.9 Å². The van der Waals surface area contributed by atoms with Crippen molar-refractivity contribution in [3.8, 4) is 0 Å². The molecule has 1 fully saturated rings. The first-order chi connectivity index (χ1) is 6.27. The normalized spacial score (nSPS) is 22.2. The molecule has 0 spiro atoms. The number of nitrogens with zero attached hydrogens (tertiary/aromatic N) is 2. The summed E-state index contributed by atoms with van der Waals surface area (Å²) in [7, 11) is 0. The first-order valence-corrected chi connectivity index (χ1v) is 4.75. The first kappa shape index (κ1) is 8.35. The molecule has 2 rings (SSSR count). The van der Waals surface area contributed by atoms with Crippen LogP contribution in [0.4, 0.5) is 11.5 Å². The molecule has 3 nitrogen and oxygen atoms in total. The molecule has 1 unspecified atom stereocenters. The van der Waals surface area contributed by atoms with Crippen molar-refractivity contribution in [1.82, 2.24) is 4.98 Å². The van der Waals surface area contributed by atoms with Gasteiger partial charge in [-0.2, -0.15) is 0 Å². The molecule has 1 aliphatic heterocycles. The zero-order chi connectivity index (χ0) is 9.26. The summed E-state index contributed by atoms with van der Waals surface area (Å²) in [6, 6.07) is 4.53. The standard InChI is InChI=1S/C10H15N3/c1-8-3-2-6-13(8)10-5-4-9(11)7-12-10/h4-5,7-8H,2-3,6,11H2,1H3. The Morgan fingerprint density at radius 1 is 1.54 bits per heavy atom. The molecule has 1 aromatic heterocycles. The molecule has 2 heterocycles. The lowest BCUT2D eigenvalue weighted by Crippen LogP contribution is -2.26. The van der Waals surface area contributed by atoms with E-state index >= 15 is 0 Å². The molecule has 1 aliphatic rings. The summed E-state index contributed by atoms with van der Waals surface area (Å²) >= 11 is 0. The van der Waals surface area contributed by atoms with Crippen molar-refractivity contribution in [1.29, 1.82) is 0 Å². The average molecular weight is 177 g/mol. The third-order valence-electron chi connectivity index (χ3n) is 2.62. The maximum absolute atomic E-state index is 5.58. The van der Waals surface area contributed by atoms with Gasteiger partial charge in [-0.05, 0) is 31.9 Å². The summed E-state index contributed by atoms with van der Waals surface area (Å²) in [6.07, 6.45) is 4.26. The molecule has 0 aromatic carbocycles. The van der Waals surface area contributed by atoms with Crippen LogP contribution in [0.25, 0.3) is 0 Å². The monoisotopic (exact) mass is 177 g/mol. The minimum atomic E-state index is 0.621. The Labute approximate surface area is 78.6 Å². The molecule has 0 aliphatic carbocycles. The molecular weight excluding hydrogens is 162 g/mol. The van der Waals surface area contributed by atoms with Crippen LogP contribution in [0, 0.1) is 0 Å². The quantitative estimate of drug-likeness (QED) is 0.709. The van der Waals surface area contributed by atoms with E-state index in [1.165, 1.54) is 12.8 Å². The Morgan fingerprint density at radius 2 is 2.38 bits per heavy atom. The Bertz CT molecular complexity index is 281. The van der Waals surface area contributed by atoms with Gasteiger partial charge in [-0.3, -0.25) is 0 Å². The van der Waals surface area contributed by atoms with E-state index in [1.54, 1.807) is 6.20 Å². The van der Waals surface area contributed by atoms with E-state index in [0.29, 0.717) is 6.04 Å². The predicted octanol–water partition coefficient (Wildman–Crippen LogP) is 1.65. The van der Waals surface area contributed by atoms with Gasteiger partial charge in [0, 0.05) is 12.6 Å². The lowest BCUT2D eigenvalue weighted by Gasteiger charge is -2.22. The van der Waals surface area contributed by atoms with Crippen LogP contribution in [-0.4, -0.2) is 17.6 Å². The highest BCUT2D eigenvalue weighted by Gasteiger charge is 2.20. The summed E-state index contributed by atoms with van der Waals surface area (Å²) in [5.74, 6) is 1.05. The number of rotatable bonds is 1. The van der Waals surface area contributed by atoms with Crippen molar-refractivity contribution < 1.29 is 0 Å². The number of aromatic nitrogens is 1. The second kappa shape index (κ2) is 3.24. The summed E-state index contributed by atoms with van der Waals surface area (Å²) < 4.78 is 0. The highest BCUT2D eigenvalue weighted by molar-refractivity contribution is 5.46. The molecular formula is C10H15N3. The lowest BCUT2D eigenvalue weighted by atomic mass is 10.2. The molecule has 2 N–H and O–H groups in total. The van der Waals surface area contributed by atoms with Crippen LogP contribution in [0.15, 0.2) is 18.3 Å². The van der Waals surface area contributed by atoms with E-state index in [2.05, 4.69) is 16.8 Å². The number of anilines is 2. The number of nitrogens with two attached hydrogens (primary N) is 1. The van der Waals surface area contributed by atoms with Crippen LogP contribution < -0.4 is 10.6 Å². The van der Waals surface area contributed by atoms with Crippen LogP contribution in [-0.2, 0) is 0 Å². The molecule has 1 atom stereocenters. The molecule has 13 heavy (non-hydrogen) atoms. The van der Waals surface area contributed by atoms with E-state index in [1.807, 2.05) is 12.1 Å². The Balaban J connectivity index is 2.20. The smallest absolute Gasteiger partial charge is 0.128 e. The van der Waals surface area contributed by atoms with Crippen LogP contribution in [0.5, 0.6) is 0 Å². The fourth-order valence-electron chi connectivity index (χ4n) is 1.84. The molecule has 70 valence electrons. The Hall–Kier alpha value is -1.25. The SMILES string of the molecule is CC1CCCN1c1ccc(N)cn1. The third kappa shape index (κ3) is 1.59. The van der Waals surface area contributed by atoms with Gasteiger partial charge in [0.1, 0.15) is 5.82 Å². The van der Waals surface area contributed by atoms with Gasteiger partial charge in [0.25, 0.3) is 0 Å². The van der Waals surface area contributed by atoms with Gasteiger partial charge >= 0.3 is 0 Å². The van der Waals surface area contributed by atoms with Crippen molar-refractivity contribution in [3.63, 3.8) is 0 Å². The highest BCUT2D eigenvalue weighted by Crippen LogP contribution is 2.23. The van der Waals surface area contributed by atoms with Gasteiger partial charge in [-0.25, -0.2) is 4.98 Å². The summed E-state index contributed by atoms with van der Waals surface area (Å²) in [5.41, 5.74) is 6.31. The highest BCUT2D eigenvalue weighted by atomic mass is 15.2. The van der Waals surface area contributed by atoms with Crippen LogP contribution in [0.1, 0.15) is 19.8 Å². The van der Waals surface area contributed by atoms with Crippen LogP contribution in [0.3, 0.4) is 0 Å². The van der Waals surface area contributed by atoms with E-state index in [4.69, 9.17) is 5.73 Å². The Kier molecular flexibility index (Phi) is 2.08. The predicted molar refractivity (Wildman–Crippen MR) is 54.7 cm³/mol. The maximum atomic E-state index is 5.58. The summed E-state index contributed by atoms with van der Waals surface area (Å²) in [5, 5.41) is 0. The molecule has 0 bridgehead atoms. The zero-order valence-electron chi connectivity index (χ0n) is 7.90. The molecule has 1 saturated heterocycles. The third-order valence-corrected chi connectivity index (χ3v) is 2.62. The topological polar surface area (TPSA) is 42.1 Å². The van der Waals surface area contributed by atoms with Gasteiger partial charge < -0.3 is 10.6 Å². The Morgan fingerprint density at radius 3 is 2.92 bits per heavy atom. The fourth-order valence-corrected chi connectivity index (χ4v) is 1.84. The van der Waals surface area contributed by atoms with Gasteiger partial charge in [0.15, 0.2) is 0 Å². The van der Waals surface area contributed by atoms with Crippen LogP contribution in [0.2, 0.25) is 0 Å². The summed E-state index contributed by atoms with van der Waals surface area (Å²) in [6.45, 7) is 3.36. The fraction of sp³-hybridized carbons (Fsp3) is 0.500. The molecule has 0 saturated carbocycles.